The van der Waals surface area contributed by atoms with Gasteiger partial charge in [-0.25, -0.2) is 69.2 Å². The molecule has 0 saturated carbocycles. The highest BCUT2D eigenvalue weighted by atomic mass is 127. The molecule has 0 spiro atoms. The average Bonchev–Trinajstić information content (AvgIpc) is 0.805. The van der Waals surface area contributed by atoms with E-state index < -0.39 is 22.9 Å². The number of hydrogen-bond donors (Lipinski definition) is 7. The Morgan fingerprint density at radius 1 is 0.531 bits per heavy atom. The lowest BCUT2D eigenvalue weighted by Gasteiger charge is -2.38. The molecule has 4 saturated heterocycles. The van der Waals surface area contributed by atoms with E-state index in [0.717, 1.165) is 111 Å². The summed E-state index contributed by atoms with van der Waals surface area (Å²) in [6.45, 7) is 31.9. The number of aliphatic imine (C=N–C) groups is 4. The number of piperidine rings is 4. The van der Waals surface area contributed by atoms with Gasteiger partial charge in [0, 0.05) is 123 Å². The first-order valence-corrected chi connectivity index (χ1v) is 39.0. The molecule has 37 heteroatoms. The zero-order valence-corrected chi connectivity index (χ0v) is 71.6. The lowest BCUT2D eigenvalue weighted by Crippen LogP contribution is -2.51. The number of amides is 5. The zero-order valence-electron chi connectivity index (χ0n) is 65.6. The topological polar surface area (TPSA) is 434 Å². The van der Waals surface area contributed by atoms with Crippen LogP contribution in [0.4, 0.5) is 31.8 Å². The summed E-state index contributed by atoms with van der Waals surface area (Å²) in [4.78, 5) is 119. The molecule has 0 aliphatic carbocycles. The van der Waals surface area contributed by atoms with Gasteiger partial charge in [-0.3, -0.25) is 19.6 Å². The molecule has 4 unspecified atom stereocenters. The molecule has 8 aliphatic heterocycles. The molecule has 12 atom stereocenters. The van der Waals surface area contributed by atoms with E-state index in [9.17, 15) is 29.2 Å². The Balaban J connectivity index is 0.000000193. The molecular weight excluding hydrogens is 1720 g/mol. The number of alkyl carbamates (subject to hydrolysis) is 3. The van der Waals surface area contributed by atoms with E-state index in [1.54, 1.807) is 55.9 Å². The van der Waals surface area contributed by atoms with Crippen molar-refractivity contribution in [2.75, 3.05) is 67.1 Å². The predicted molar refractivity (Wildman–Crippen MR) is 457 cm³/mol. The number of carbonyl (C=O) groups excluding carboxylic acids is 5. The molecule has 6 aromatic heterocycles. The van der Waals surface area contributed by atoms with Crippen LogP contribution in [0.25, 0.3) is 32.7 Å². The standard InChI is InChI=1S/C19H24N6O2.C18H24IN5O2.C14H16N6.C11H22N2O2.C7H6IN3O.C7H7N3O.2ClH/c1-12-5-14(24-18(26)27-19(2,3)4)10-25(9-12)17-15-8-21-11-23-16(15)13(6-20)7-22-17;1-11-5-12(23-17(25)26-18(2,3)4)9-24(8-11)16-13-6-20-10-22-15(13)14(19)7-21-16;1-9-2-11(16)7-20(6-9)14-12-5-17-8-19-13(12)10(3-15)4-18-14;1-8-5-9(7-12-6-8)13-10(14)15-11(2,3)4;8-5-2-10-7(12)4-1-9-3-11-6(4)5;11-7-5-3-8-4-10-6(5)1-2-9-7;;/h7-8,11-12,14H,5,9-10H2,1-4H3,(H,24,26);6-7,10-12H,5,8-9H2,1-4H3,(H,23,25);4-5,8-9,11H,2,6-7,16H2,1H3;8-9,12H,5-7H2,1-4H3,(H,13,14);1-4,6H,(H,10,12);1-6H,(H,9,11);2*1H/t12-,14+;11-,12+;9-,11+;8-,9+;;;;/m0000..../s1. The molecule has 0 aromatic carbocycles. The Hall–Kier alpha value is -9.28. The third kappa shape index (κ3) is 26.9. The predicted octanol–water partition coefficient (Wildman–Crippen LogP) is 9.65. The number of fused-ring (bicyclic) bond motifs is 5. The summed E-state index contributed by atoms with van der Waals surface area (Å²) in [7, 11) is 0. The van der Waals surface area contributed by atoms with Crippen LogP contribution in [0.1, 0.15) is 127 Å². The summed E-state index contributed by atoms with van der Waals surface area (Å²) in [6.07, 6.45) is 28.7. The van der Waals surface area contributed by atoms with Crippen molar-refractivity contribution in [1.82, 2.24) is 76.8 Å². The van der Waals surface area contributed by atoms with E-state index in [4.69, 9.17) is 25.2 Å². The minimum absolute atomic E-state index is 0. The molecule has 14 rings (SSSR count). The average molecular weight is 1820 g/mol. The molecule has 5 amide bonds. The smallest absolute Gasteiger partial charge is 0.407 e. The van der Waals surface area contributed by atoms with Crippen LogP contribution in [0, 0.1) is 61.7 Å². The Morgan fingerprint density at radius 2 is 0.956 bits per heavy atom. The minimum atomic E-state index is -0.535. The van der Waals surface area contributed by atoms with Crippen LogP contribution in [0.15, 0.2) is 98.2 Å². The molecule has 14 heterocycles. The van der Waals surface area contributed by atoms with Crippen molar-refractivity contribution in [1.29, 1.82) is 10.5 Å². The number of nitrogens with one attached hydrogen (secondary N) is 6. The number of nitrogens with two attached hydrogens (primary N) is 1. The number of pyridine rings is 3. The fraction of sp³-hybridized carbons (Fsp3) is 0.526. The third-order valence-electron chi connectivity index (χ3n) is 18.0. The number of hydrogen-bond acceptors (Lipinski definition) is 28. The lowest BCUT2D eigenvalue weighted by atomic mass is 9.95. The molecule has 113 heavy (non-hydrogen) atoms. The van der Waals surface area contributed by atoms with Gasteiger partial charge in [-0.05, 0) is 169 Å². The number of aromatic nitrogens is 9. The second-order valence-corrected chi connectivity index (χ2v) is 34.0. The van der Waals surface area contributed by atoms with Gasteiger partial charge in [0.05, 0.1) is 71.4 Å². The summed E-state index contributed by atoms with van der Waals surface area (Å²) in [5.74, 6) is 3.85. The van der Waals surface area contributed by atoms with Crippen LogP contribution in [0.2, 0.25) is 0 Å². The third-order valence-corrected chi connectivity index (χ3v) is 19.7. The number of rotatable bonds is 6. The van der Waals surface area contributed by atoms with Crippen LogP contribution in [0.3, 0.4) is 0 Å². The molecular formula is C76H101Cl2I2N25O8. The maximum atomic E-state index is 12.1. The maximum Gasteiger partial charge on any atom is 0.407 e. The van der Waals surface area contributed by atoms with Gasteiger partial charge >= 0.3 is 18.3 Å². The first kappa shape index (κ1) is 90.9. The number of anilines is 3. The zero-order chi connectivity index (χ0) is 80.3. The minimum Gasteiger partial charge on any atom is -0.444 e. The molecule has 33 nitrogen and oxygen atoms in total. The highest BCUT2D eigenvalue weighted by Crippen LogP contribution is 2.33. The Morgan fingerprint density at radius 3 is 1.42 bits per heavy atom. The van der Waals surface area contributed by atoms with Gasteiger partial charge in [0.15, 0.2) is 0 Å². The summed E-state index contributed by atoms with van der Waals surface area (Å²) in [6, 6.07) is 4.46. The molecule has 4 fully saturated rings. The molecule has 0 bridgehead atoms. The molecule has 8 N–H and O–H groups in total. The highest BCUT2D eigenvalue weighted by Gasteiger charge is 2.35. The number of halogens is 4. The van der Waals surface area contributed by atoms with Crippen molar-refractivity contribution in [3.63, 3.8) is 0 Å². The fourth-order valence-electron chi connectivity index (χ4n) is 13.6. The molecule has 6 aromatic rings. The van der Waals surface area contributed by atoms with Crippen molar-refractivity contribution in [3.8, 4) is 12.1 Å². The summed E-state index contributed by atoms with van der Waals surface area (Å²) >= 11 is 4.41. The van der Waals surface area contributed by atoms with E-state index in [-0.39, 0.29) is 96.9 Å². The van der Waals surface area contributed by atoms with E-state index in [2.05, 4.69) is 196 Å². The second-order valence-electron chi connectivity index (χ2n) is 31.5. The van der Waals surface area contributed by atoms with Crippen LogP contribution >= 0.6 is 70.0 Å². The van der Waals surface area contributed by atoms with Gasteiger partial charge < -0.3 is 66.5 Å². The first-order valence-electron chi connectivity index (χ1n) is 36.9. The highest BCUT2D eigenvalue weighted by molar-refractivity contribution is 14.1. The van der Waals surface area contributed by atoms with Gasteiger partial charge in [0.1, 0.15) is 90.0 Å². The van der Waals surface area contributed by atoms with Crippen LogP contribution in [-0.4, -0.2) is 205 Å². The Bertz CT molecular complexity index is 4570. The van der Waals surface area contributed by atoms with E-state index >= 15 is 0 Å². The molecule has 0 radical (unpaired) electrons. The number of ether oxygens (including phenoxy) is 3. The molecule has 8 aliphatic rings. The van der Waals surface area contributed by atoms with Crippen LogP contribution in [-0.2, 0) is 23.8 Å². The second kappa shape index (κ2) is 41.7. The van der Waals surface area contributed by atoms with Gasteiger partial charge in [-0.1, -0.05) is 27.7 Å². The van der Waals surface area contributed by atoms with Gasteiger partial charge in [-0.15, -0.1) is 24.8 Å². The normalized spacial score (nSPS) is 23.9. The quantitative estimate of drug-likeness (QED) is 0.0602. The summed E-state index contributed by atoms with van der Waals surface area (Å²) in [5, 5.41) is 38.3. The first-order chi connectivity index (χ1) is 52.7. The number of carbonyl (C=O) groups is 5. The van der Waals surface area contributed by atoms with Crippen molar-refractivity contribution in [2.24, 2.45) is 61.2 Å². The van der Waals surface area contributed by atoms with Crippen LogP contribution in [0.5, 0.6) is 0 Å². The summed E-state index contributed by atoms with van der Waals surface area (Å²) in [5.41, 5.74) is 7.68. The van der Waals surface area contributed by atoms with Gasteiger partial charge in [0.25, 0.3) is 0 Å². The van der Waals surface area contributed by atoms with Crippen molar-refractivity contribution < 1.29 is 38.2 Å². The van der Waals surface area contributed by atoms with Gasteiger partial charge in [-0.2, -0.15) is 10.5 Å². The Kier molecular flexibility index (Phi) is 33.5. The summed E-state index contributed by atoms with van der Waals surface area (Å²) < 4.78 is 18.0. The van der Waals surface area contributed by atoms with Gasteiger partial charge in [0.2, 0.25) is 11.8 Å². The largest absolute Gasteiger partial charge is 0.444 e. The monoisotopic (exact) mass is 1820 g/mol. The lowest BCUT2D eigenvalue weighted by molar-refractivity contribution is -0.123. The maximum absolute atomic E-state index is 12.1. The van der Waals surface area contributed by atoms with E-state index in [1.807, 2.05) is 80.8 Å². The van der Waals surface area contributed by atoms with E-state index in [1.165, 1.54) is 25.3 Å². The van der Waals surface area contributed by atoms with Crippen molar-refractivity contribution >= 4 is 175 Å². The molecule has 606 valence electrons. The SMILES string of the molecule is C[C@@H]1CNC[C@H](NC(=O)OC(C)(C)C)C1.C[C@H]1C[C@@H](N)CN(c2ncc(C#N)c3ncncc23)C1.C[C@H]1C[C@@H](NC(=O)OC(C)(C)C)CN(c2ncc(C#N)c3ncncc23)C1.C[C@H]1C[C@@H](NC(=O)OC(C)(C)C)CN(c2ncc(I)c3ncncc23)C1.Cl.Cl.O=C1NC=C(I)C2N=CN=CC12.O=C1NC=CC2N=CN=CC12. The fourth-order valence-corrected chi connectivity index (χ4v) is 14.9. The van der Waals surface area contributed by atoms with Crippen molar-refractivity contribution in [3.05, 3.63) is 92.9 Å². The Labute approximate surface area is 698 Å². The number of nitrogens with zero attached hydrogens (tertiary/aromatic N) is 18. The van der Waals surface area contributed by atoms with Crippen LogP contribution < -0.4 is 52.3 Å². The van der Waals surface area contributed by atoms with Crippen molar-refractivity contribution in [2.45, 2.75) is 169 Å². The number of nitriles is 2. The van der Waals surface area contributed by atoms with E-state index in [0.29, 0.717) is 58.9 Å².